The average molecular weight is 429 g/mol. The normalized spacial score (nSPS) is 10.9. The number of benzene rings is 3. The van der Waals surface area contributed by atoms with Crippen molar-refractivity contribution in [2.75, 3.05) is 0 Å². The Kier molecular flexibility index (Phi) is 6.18. The molecular formula is C23H16N4OS2. The number of hydrazone groups is 1. The van der Waals surface area contributed by atoms with Crippen molar-refractivity contribution in [1.29, 1.82) is 5.26 Å². The fourth-order valence-electron chi connectivity index (χ4n) is 2.68. The molecule has 146 valence electrons. The topological polar surface area (TPSA) is 78.1 Å². The van der Waals surface area contributed by atoms with Gasteiger partial charge in [0.2, 0.25) is 0 Å². The van der Waals surface area contributed by atoms with Gasteiger partial charge in [-0.15, -0.1) is 11.3 Å². The van der Waals surface area contributed by atoms with E-state index in [4.69, 9.17) is 5.26 Å². The van der Waals surface area contributed by atoms with Gasteiger partial charge in [0, 0.05) is 11.3 Å². The van der Waals surface area contributed by atoms with Crippen LogP contribution in [0.4, 0.5) is 0 Å². The third kappa shape index (κ3) is 4.92. The number of fused-ring (bicyclic) bond motifs is 1. The van der Waals surface area contributed by atoms with Gasteiger partial charge in [-0.3, -0.25) is 4.79 Å². The Morgan fingerprint density at radius 1 is 1.10 bits per heavy atom. The monoisotopic (exact) mass is 428 g/mol. The lowest BCUT2D eigenvalue weighted by atomic mass is 10.1. The number of amides is 1. The van der Waals surface area contributed by atoms with Crippen LogP contribution in [0.1, 0.15) is 27.0 Å². The van der Waals surface area contributed by atoms with Crippen LogP contribution in [-0.2, 0) is 5.75 Å². The predicted molar refractivity (Wildman–Crippen MR) is 122 cm³/mol. The van der Waals surface area contributed by atoms with Gasteiger partial charge in [-0.05, 0) is 47.5 Å². The van der Waals surface area contributed by atoms with Crippen LogP contribution >= 0.6 is 23.1 Å². The number of carbonyl (C=O) groups excluding carboxylic acids is 1. The lowest BCUT2D eigenvalue weighted by Crippen LogP contribution is -2.17. The molecule has 4 rings (SSSR count). The molecule has 0 aliphatic rings. The third-order valence-electron chi connectivity index (χ3n) is 4.27. The number of para-hydroxylation sites is 1. The first-order valence-electron chi connectivity index (χ1n) is 9.12. The van der Waals surface area contributed by atoms with E-state index in [2.05, 4.69) is 27.6 Å². The molecule has 0 fully saturated rings. The molecule has 1 amide bonds. The number of nitrogens with one attached hydrogen (secondary N) is 1. The molecule has 0 spiro atoms. The van der Waals surface area contributed by atoms with E-state index in [1.807, 2.05) is 30.3 Å². The molecule has 1 N–H and O–H groups in total. The molecular weight excluding hydrogens is 412 g/mol. The maximum Gasteiger partial charge on any atom is 0.271 e. The number of thioether (sulfide) groups is 1. The van der Waals surface area contributed by atoms with Crippen molar-refractivity contribution < 1.29 is 4.79 Å². The smallest absolute Gasteiger partial charge is 0.267 e. The zero-order valence-electron chi connectivity index (χ0n) is 15.8. The van der Waals surface area contributed by atoms with E-state index >= 15 is 0 Å². The van der Waals surface area contributed by atoms with Crippen molar-refractivity contribution in [2.24, 2.45) is 5.10 Å². The number of hydrogen-bond donors (Lipinski definition) is 1. The van der Waals surface area contributed by atoms with Gasteiger partial charge in [0.1, 0.15) is 0 Å². The van der Waals surface area contributed by atoms with Gasteiger partial charge in [0.15, 0.2) is 4.34 Å². The van der Waals surface area contributed by atoms with Crippen LogP contribution < -0.4 is 5.43 Å². The number of nitrogens with zero attached hydrogens (tertiary/aromatic N) is 3. The summed E-state index contributed by atoms with van der Waals surface area (Å²) in [5.41, 5.74) is 6.59. The van der Waals surface area contributed by atoms with Crippen molar-refractivity contribution >= 4 is 45.4 Å². The number of hydrogen-bond acceptors (Lipinski definition) is 6. The van der Waals surface area contributed by atoms with E-state index in [-0.39, 0.29) is 5.91 Å². The van der Waals surface area contributed by atoms with Crippen LogP contribution in [0, 0.1) is 11.3 Å². The minimum atomic E-state index is -0.273. The molecule has 0 aliphatic carbocycles. The Morgan fingerprint density at radius 2 is 1.87 bits per heavy atom. The molecule has 0 unspecified atom stereocenters. The summed E-state index contributed by atoms with van der Waals surface area (Å²) in [6.07, 6.45) is 1.54. The van der Waals surface area contributed by atoms with Crippen LogP contribution in [-0.4, -0.2) is 17.1 Å². The van der Waals surface area contributed by atoms with Gasteiger partial charge >= 0.3 is 0 Å². The lowest BCUT2D eigenvalue weighted by Gasteiger charge is -2.03. The first-order chi connectivity index (χ1) is 14.7. The van der Waals surface area contributed by atoms with Gasteiger partial charge in [0.25, 0.3) is 5.91 Å². The Bertz CT molecular complexity index is 1210. The summed E-state index contributed by atoms with van der Waals surface area (Å²) < 4.78 is 2.23. The van der Waals surface area contributed by atoms with Crippen LogP contribution in [0.15, 0.2) is 82.2 Å². The molecule has 0 saturated carbocycles. The van der Waals surface area contributed by atoms with Crippen LogP contribution in [0.3, 0.4) is 0 Å². The summed E-state index contributed by atoms with van der Waals surface area (Å²) >= 11 is 3.38. The number of thiazole rings is 1. The molecule has 0 atom stereocenters. The third-order valence-corrected chi connectivity index (χ3v) is 6.52. The maximum atomic E-state index is 12.2. The minimum Gasteiger partial charge on any atom is -0.267 e. The van der Waals surface area contributed by atoms with Crippen LogP contribution in [0.5, 0.6) is 0 Å². The Morgan fingerprint density at radius 3 is 2.60 bits per heavy atom. The van der Waals surface area contributed by atoms with Gasteiger partial charge < -0.3 is 0 Å². The molecule has 7 heteroatoms. The van der Waals surface area contributed by atoms with Crippen molar-refractivity contribution in [3.63, 3.8) is 0 Å². The van der Waals surface area contributed by atoms with Crippen LogP contribution in [0.25, 0.3) is 10.2 Å². The predicted octanol–water partition coefficient (Wildman–Crippen LogP) is 5.22. The summed E-state index contributed by atoms with van der Waals surface area (Å²) in [6, 6.07) is 24.6. The van der Waals surface area contributed by atoms with Crippen molar-refractivity contribution in [2.45, 2.75) is 10.1 Å². The van der Waals surface area contributed by atoms with Crippen molar-refractivity contribution in [1.82, 2.24) is 10.4 Å². The van der Waals surface area contributed by atoms with E-state index in [0.29, 0.717) is 11.1 Å². The Balaban J connectivity index is 1.31. The molecule has 1 heterocycles. The zero-order chi connectivity index (χ0) is 20.8. The highest BCUT2D eigenvalue weighted by atomic mass is 32.2. The number of aromatic nitrogens is 1. The maximum absolute atomic E-state index is 12.2. The van der Waals surface area contributed by atoms with Crippen molar-refractivity contribution in [3.05, 3.63) is 95.1 Å². The molecule has 30 heavy (non-hydrogen) atoms. The van der Waals surface area contributed by atoms with E-state index in [9.17, 15) is 4.79 Å². The summed E-state index contributed by atoms with van der Waals surface area (Å²) in [5, 5.41) is 12.8. The van der Waals surface area contributed by atoms with Gasteiger partial charge in [-0.25, -0.2) is 10.4 Å². The van der Waals surface area contributed by atoms with E-state index in [0.717, 1.165) is 26.7 Å². The van der Waals surface area contributed by atoms with Gasteiger partial charge in [-0.2, -0.15) is 10.4 Å². The van der Waals surface area contributed by atoms with Crippen LogP contribution in [0.2, 0.25) is 0 Å². The minimum absolute atomic E-state index is 0.273. The fraction of sp³-hybridized carbons (Fsp3) is 0.0435. The molecule has 1 aromatic heterocycles. The summed E-state index contributed by atoms with van der Waals surface area (Å²) in [4.78, 5) is 16.9. The SMILES string of the molecule is N#Cc1ccc(/C=N\NC(=O)c2ccc(CSc3nc4ccccc4s3)cc2)cc1. The highest BCUT2D eigenvalue weighted by Crippen LogP contribution is 2.31. The zero-order valence-corrected chi connectivity index (χ0v) is 17.4. The Labute approximate surface area is 182 Å². The standard InChI is InChI=1S/C23H16N4OS2/c24-13-16-5-7-17(8-6-16)14-25-27-22(28)19-11-9-18(10-12-19)15-29-23-26-20-3-1-2-4-21(20)30-23/h1-12,14H,15H2,(H,27,28)/b25-14-. The summed E-state index contributed by atoms with van der Waals surface area (Å²) in [7, 11) is 0. The van der Waals surface area contributed by atoms with Gasteiger partial charge in [-0.1, -0.05) is 48.2 Å². The van der Waals surface area contributed by atoms with E-state index in [1.54, 1.807) is 65.7 Å². The molecule has 3 aromatic carbocycles. The number of rotatable bonds is 6. The quantitative estimate of drug-likeness (QED) is 0.259. The second kappa shape index (κ2) is 9.35. The second-order valence-corrected chi connectivity index (χ2v) is 8.62. The summed E-state index contributed by atoms with van der Waals surface area (Å²) in [6.45, 7) is 0. The fourth-order valence-corrected chi connectivity index (χ4v) is 4.71. The first kappa shape index (κ1) is 19.8. The average Bonchev–Trinajstić information content (AvgIpc) is 3.21. The number of carbonyl (C=O) groups is 1. The molecule has 0 aliphatic heterocycles. The van der Waals surface area contributed by atoms with E-state index in [1.165, 1.54) is 4.70 Å². The lowest BCUT2D eigenvalue weighted by molar-refractivity contribution is 0.0955. The molecule has 0 bridgehead atoms. The van der Waals surface area contributed by atoms with E-state index < -0.39 is 0 Å². The molecule has 0 radical (unpaired) electrons. The largest absolute Gasteiger partial charge is 0.271 e. The van der Waals surface area contributed by atoms with Crippen molar-refractivity contribution in [3.8, 4) is 6.07 Å². The second-order valence-electron chi connectivity index (χ2n) is 6.37. The molecule has 0 saturated heterocycles. The first-order valence-corrected chi connectivity index (χ1v) is 10.9. The molecule has 5 nitrogen and oxygen atoms in total. The van der Waals surface area contributed by atoms with Gasteiger partial charge in [0.05, 0.1) is 28.1 Å². The number of nitriles is 1. The Hall–Kier alpha value is -3.47. The highest BCUT2D eigenvalue weighted by molar-refractivity contribution is 8.00. The summed E-state index contributed by atoms with van der Waals surface area (Å²) in [5.74, 6) is 0.517. The molecule has 4 aromatic rings. The highest BCUT2D eigenvalue weighted by Gasteiger charge is 2.06.